The first-order valence-electron chi connectivity index (χ1n) is 6.74. The maximum absolute atomic E-state index is 11.6. The summed E-state index contributed by atoms with van der Waals surface area (Å²) in [4.78, 5) is 10.7. The minimum absolute atomic E-state index is 0.101. The predicted molar refractivity (Wildman–Crippen MR) is 78.8 cm³/mol. The van der Waals surface area contributed by atoms with Crippen molar-refractivity contribution in [3.63, 3.8) is 0 Å². The van der Waals surface area contributed by atoms with Crippen LogP contribution < -0.4 is 5.32 Å². The first-order chi connectivity index (χ1) is 9.45. The van der Waals surface area contributed by atoms with Gasteiger partial charge in [-0.05, 0) is 37.1 Å². The highest BCUT2D eigenvalue weighted by Gasteiger charge is 2.10. The molecule has 0 spiro atoms. The Morgan fingerprint density at radius 3 is 2.35 bits per heavy atom. The molecule has 1 aromatic carbocycles. The SMILES string of the molecule is CCS(=O)(=O)c1ccc(NCCCCCC(=O)O)cc1. The number of sulfone groups is 1. The van der Waals surface area contributed by atoms with Crippen molar-refractivity contribution in [2.75, 3.05) is 17.6 Å². The van der Waals surface area contributed by atoms with E-state index < -0.39 is 15.8 Å². The van der Waals surface area contributed by atoms with E-state index in [4.69, 9.17) is 5.11 Å². The van der Waals surface area contributed by atoms with E-state index in [1.165, 1.54) is 0 Å². The van der Waals surface area contributed by atoms with Crippen LogP contribution in [0.5, 0.6) is 0 Å². The molecule has 6 heteroatoms. The van der Waals surface area contributed by atoms with E-state index in [0.717, 1.165) is 25.1 Å². The second-order valence-electron chi connectivity index (χ2n) is 4.56. The lowest BCUT2D eigenvalue weighted by Crippen LogP contribution is -2.05. The van der Waals surface area contributed by atoms with E-state index in [0.29, 0.717) is 11.3 Å². The molecule has 0 aliphatic rings. The number of unbranched alkanes of at least 4 members (excludes halogenated alkanes) is 2. The molecular formula is C14H21NO4S. The van der Waals surface area contributed by atoms with Crippen LogP contribution in [0.15, 0.2) is 29.2 Å². The fourth-order valence-corrected chi connectivity index (χ4v) is 2.64. The highest BCUT2D eigenvalue weighted by Crippen LogP contribution is 2.15. The van der Waals surface area contributed by atoms with Crippen molar-refractivity contribution < 1.29 is 18.3 Å². The van der Waals surface area contributed by atoms with Crippen LogP contribution in [0, 0.1) is 0 Å². The van der Waals surface area contributed by atoms with Gasteiger partial charge in [0.25, 0.3) is 0 Å². The molecule has 1 aromatic rings. The average molecular weight is 299 g/mol. The van der Waals surface area contributed by atoms with Gasteiger partial charge < -0.3 is 10.4 Å². The largest absolute Gasteiger partial charge is 0.481 e. The van der Waals surface area contributed by atoms with Crippen molar-refractivity contribution in [1.29, 1.82) is 0 Å². The van der Waals surface area contributed by atoms with E-state index in [9.17, 15) is 13.2 Å². The van der Waals surface area contributed by atoms with Crippen molar-refractivity contribution in [2.24, 2.45) is 0 Å². The number of carboxylic acid groups (broad SMARTS) is 1. The number of carboxylic acids is 1. The topological polar surface area (TPSA) is 83.5 Å². The average Bonchev–Trinajstić information content (AvgIpc) is 2.43. The van der Waals surface area contributed by atoms with Gasteiger partial charge in [-0.2, -0.15) is 0 Å². The molecule has 112 valence electrons. The van der Waals surface area contributed by atoms with Gasteiger partial charge in [-0.3, -0.25) is 4.79 Å². The van der Waals surface area contributed by atoms with Crippen LogP contribution in [-0.4, -0.2) is 31.8 Å². The standard InChI is InChI=1S/C14H21NO4S/c1-2-20(18,19)13-9-7-12(8-10-13)15-11-5-3-4-6-14(16)17/h7-10,15H,2-6,11H2,1H3,(H,16,17). The fraction of sp³-hybridized carbons (Fsp3) is 0.500. The molecule has 0 saturated carbocycles. The van der Waals surface area contributed by atoms with Crippen molar-refractivity contribution in [1.82, 2.24) is 0 Å². The van der Waals surface area contributed by atoms with Crippen LogP contribution in [-0.2, 0) is 14.6 Å². The van der Waals surface area contributed by atoms with Gasteiger partial charge >= 0.3 is 5.97 Å². The Labute approximate surface area is 119 Å². The molecule has 0 atom stereocenters. The zero-order valence-electron chi connectivity index (χ0n) is 11.6. The summed E-state index contributed by atoms with van der Waals surface area (Å²) in [5, 5.41) is 11.7. The van der Waals surface area contributed by atoms with Gasteiger partial charge in [0.1, 0.15) is 0 Å². The van der Waals surface area contributed by atoms with Gasteiger partial charge in [0, 0.05) is 18.7 Å². The number of carbonyl (C=O) groups is 1. The minimum Gasteiger partial charge on any atom is -0.481 e. The maximum atomic E-state index is 11.6. The quantitative estimate of drug-likeness (QED) is 0.685. The number of nitrogens with one attached hydrogen (secondary N) is 1. The Morgan fingerprint density at radius 1 is 1.15 bits per heavy atom. The van der Waals surface area contributed by atoms with Gasteiger partial charge in [0.2, 0.25) is 0 Å². The molecule has 1 rings (SSSR count). The highest BCUT2D eigenvalue weighted by molar-refractivity contribution is 7.91. The Kier molecular flexibility index (Phi) is 6.51. The first-order valence-corrected chi connectivity index (χ1v) is 8.39. The van der Waals surface area contributed by atoms with Crippen molar-refractivity contribution in [3.8, 4) is 0 Å². The second-order valence-corrected chi connectivity index (χ2v) is 6.84. The lowest BCUT2D eigenvalue weighted by atomic mass is 10.2. The Balaban J connectivity index is 2.34. The second kappa shape index (κ2) is 7.89. The molecule has 0 amide bonds. The summed E-state index contributed by atoms with van der Waals surface area (Å²) in [7, 11) is -3.14. The summed E-state index contributed by atoms with van der Waals surface area (Å²) in [5.74, 6) is -0.658. The zero-order valence-corrected chi connectivity index (χ0v) is 12.4. The molecule has 0 aromatic heterocycles. The molecule has 0 bridgehead atoms. The monoisotopic (exact) mass is 299 g/mol. The molecule has 0 unspecified atom stereocenters. The predicted octanol–water partition coefficient (Wildman–Crippen LogP) is 2.54. The number of hydrogen-bond donors (Lipinski definition) is 2. The number of hydrogen-bond acceptors (Lipinski definition) is 4. The van der Waals surface area contributed by atoms with E-state index in [2.05, 4.69) is 5.32 Å². The number of anilines is 1. The Hall–Kier alpha value is -1.56. The summed E-state index contributed by atoms with van der Waals surface area (Å²) in [6, 6.07) is 6.71. The van der Waals surface area contributed by atoms with Crippen LogP contribution in [0.4, 0.5) is 5.69 Å². The van der Waals surface area contributed by atoms with E-state index in [1.807, 2.05) is 0 Å². The number of aliphatic carboxylic acids is 1. The normalized spacial score (nSPS) is 11.2. The van der Waals surface area contributed by atoms with Crippen LogP contribution in [0.3, 0.4) is 0 Å². The van der Waals surface area contributed by atoms with Crippen molar-refractivity contribution in [2.45, 2.75) is 37.5 Å². The third kappa shape index (κ3) is 5.61. The molecular weight excluding hydrogens is 278 g/mol. The summed E-state index contributed by atoms with van der Waals surface area (Å²) in [5.41, 5.74) is 0.873. The molecule has 0 heterocycles. The van der Waals surface area contributed by atoms with E-state index >= 15 is 0 Å². The number of rotatable bonds is 9. The summed E-state index contributed by atoms with van der Waals surface area (Å²) in [6.45, 7) is 2.37. The maximum Gasteiger partial charge on any atom is 0.303 e. The van der Waals surface area contributed by atoms with Gasteiger partial charge in [-0.25, -0.2) is 8.42 Å². The van der Waals surface area contributed by atoms with E-state index in [-0.39, 0.29) is 12.2 Å². The van der Waals surface area contributed by atoms with Gasteiger partial charge in [-0.1, -0.05) is 13.3 Å². The van der Waals surface area contributed by atoms with Crippen LogP contribution >= 0.6 is 0 Å². The number of benzene rings is 1. The van der Waals surface area contributed by atoms with Gasteiger partial charge in [0.05, 0.1) is 10.6 Å². The smallest absolute Gasteiger partial charge is 0.303 e. The lowest BCUT2D eigenvalue weighted by molar-refractivity contribution is -0.137. The molecule has 0 aliphatic carbocycles. The highest BCUT2D eigenvalue weighted by atomic mass is 32.2. The molecule has 0 fully saturated rings. The molecule has 0 radical (unpaired) electrons. The third-order valence-electron chi connectivity index (χ3n) is 2.99. The summed E-state index contributed by atoms with van der Waals surface area (Å²) < 4.78 is 23.3. The van der Waals surface area contributed by atoms with E-state index in [1.54, 1.807) is 31.2 Å². The van der Waals surface area contributed by atoms with Gasteiger partial charge in [-0.15, -0.1) is 0 Å². The summed E-state index contributed by atoms with van der Waals surface area (Å²) >= 11 is 0. The fourth-order valence-electron chi connectivity index (χ4n) is 1.76. The molecule has 0 saturated heterocycles. The van der Waals surface area contributed by atoms with Crippen LogP contribution in [0.25, 0.3) is 0 Å². The Bertz CT molecular complexity index is 523. The van der Waals surface area contributed by atoms with Crippen LogP contribution in [0.1, 0.15) is 32.6 Å². The van der Waals surface area contributed by atoms with Crippen molar-refractivity contribution in [3.05, 3.63) is 24.3 Å². The third-order valence-corrected chi connectivity index (χ3v) is 4.74. The first kappa shape index (κ1) is 16.5. The molecule has 2 N–H and O–H groups in total. The molecule has 0 aliphatic heterocycles. The molecule has 5 nitrogen and oxygen atoms in total. The zero-order chi connectivity index (χ0) is 15.0. The minimum atomic E-state index is -3.14. The Morgan fingerprint density at radius 2 is 1.80 bits per heavy atom. The lowest BCUT2D eigenvalue weighted by Gasteiger charge is -2.07. The molecule has 20 heavy (non-hydrogen) atoms. The van der Waals surface area contributed by atoms with Crippen LogP contribution in [0.2, 0.25) is 0 Å². The van der Waals surface area contributed by atoms with Gasteiger partial charge in [0.15, 0.2) is 9.84 Å². The van der Waals surface area contributed by atoms with Crippen molar-refractivity contribution >= 4 is 21.5 Å². The summed E-state index contributed by atoms with van der Waals surface area (Å²) in [6.07, 6.45) is 2.65.